The molecule has 4 fully saturated rings. The Labute approximate surface area is 164 Å². The molecule has 5 aliphatic rings. The molecule has 1 amide bonds. The second-order valence-electron chi connectivity index (χ2n) is 9.13. The van der Waals surface area contributed by atoms with E-state index in [1.54, 1.807) is 19.1 Å². The molecule has 0 spiro atoms. The molecule has 0 saturated heterocycles. The zero-order valence-electron chi connectivity index (χ0n) is 16.2. The first kappa shape index (κ1) is 17.8. The maximum absolute atomic E-state index is 12.8. The van der Waals surface area contributed by atoms with Crippen molar-refractivity contribution in [3.05, 3.63) is 24.3 Å². The van der Waals surface area contributed by atoms with Gasteiger partial charge in [0.05, 0.1) is 0 Å². The van der Waals surface area contributed by atoms with E-state index in [1.165, 1.54) is 19.3 Å². The molecule has 4 saturated carbocycles. The lowest BCUT2D eigenvalue weighted by Crippen LogP contribution is -2.61. The summed E-state index contributed by atoms with van der Waals surface area (Å²) in [4.78, 5) is 25.3. The van der Waals surface area contributed by atoms with E-state index in [-0.39, 0.29) is 18.1 Å². The highest BCUT2D eigenvalue weighted by Crippen LogP contribution is 2.55. The minimum atomic E-state index is -0.857. The number of fused-ring (bicyclic) bond motifs is 1. The average molecular weight is 385 g/mol. The first-order chi connectivity index (χ1) is 13.5. The molecule has 1 aromatic rings. The standard InChI is InChI=1S/C22H27NO5/c1-13(27-21(25)19-12-26-17-4-2-3-5-18(17)28-19)20(24)23-22-9-14-6-15(10-22)8-16(7-14)11-22/h2-5,13-16,19H,6-12H2,1H3,(H,23,24)/t13-,14?,15?,16?,19-,22?/m1/s1. The molecule has 4 aliphatic carbocycles. The van der Waals surface area contributed by atoms with Crippen molar-refractivity contribution in [1.29, 1.82) is 0 Å². The number of hydrogen-bond acceptors (Lipinski definition) is 5. The van der Waals surface area contributed by atoms with Crippen LogP contribution < -0.4 is 14.8 Å². The fourth-order valence-electron chi connectivity index (χ4n) is 6.07. The van der Waals surface area contributed by atoms with Crippen molar-refractivity contribution in [3.63, 3.8) is 0 Å². The van der Waals surface area contributed by atoms with Crippen molar-refractivity contribution in [2.45, 2.75) is 63.2 Å². The third kappa shape index (κ3) is 3.23. The number of benzene rings is 1. The van der Waals surface area contributed by atoms with Gasteiger partial charge < -0.3 is 19.5 Å². The number of carbonyl (C=O) groups is 2. The maximum atomic E-state index is 12.8. The molecule has 6 nitrogen and oxygen atoms in total. The van der Waals surface area contributed by atoms with E-state index in [0.29, 0.717) is 11.5 Å². The summed E-state index contributed by atoms with van der Waals surface area (Å²) >= 11 is 0. The summed E-state index contributed by atoms with van der Waals surface area (Å²) < 4.78 is 16.7. The lowest BCUT2D eigenvalue weighted by molar-refractivity contribution is -0.165. The van der Waals surface area contributed by atoms with E-state index in [0.717, 1.165) is 37.0 Å². The molecule has 6 rings (SSSR count). The van der Waals surface area contributed by atoms with Crippen LogP contribution >= 0.6 is 0 Å². The maximum Gasteiger partial charge on any atom is 0.351 e. The van der Waals surface area contributed by atoms with Gasteiger partial charge in [-0.05, 0) is 75.3 Å². The van der Waals surface area contributed by atoms with Crippen LogP contribution in [-0.4, -0.2) is 36.2 Å². The summed E-state index contributed by atoms with van der Waals surface area (Å²) in [5.74, 6) is 2.60. The van der Waals surface area contributed by atoms with E-state index >= 15 is 0 Å². The van der Waals surface area contributed by atoms with Crippen molar-refractivity contribution in [1.82, 2.24) is 5.32 Å². The Morgan fingerprint density at radius 1 is 1.07 bits per heavy atom. The van der Waals surface area contributed by atoms with Gasteiger partial charge in [0, 0.05) is 5.54 Å². The molecule has 28 heavy (non-hydrogen) atoms. The van der Waals surface area contributed by atoms with Gasteiger partial charge in [-0.2, -0.15) is 0 Å². The van der Waals surface area contributed by atoms with Crippen LogP contribution in [0.2, 0.25) is 0 Å². The van der Waals surface area contributed by atoms with Crippen molar-refractivity contribution in [2.24, 2.45) is 17.8 Å². The molecule has 4 bridgehead atoms. The van der Waals surface area contributed by atoms with Crippen LogP contribution in [0, 0.1) is 17.8 Å². The number of amides is 1. The minimum absolute atomic E-state index is 0.0825. The van der Waals surface area contributed by atoms with Crippen LogP contribution in [0.1, 0.15) is 45.4 Å². The molecular formula is C22H27NO5. The Bertz CT molecular complexity index is 756. The number of hydrogen-bond donors (Lipinski definition) is 1. The number of nitrogens with one attached hydrogen (secondary N) is 1. The summed E-state index contributed by atoms with van der Waals surface area (Å²) in [7, 11) is 0. The van der Waals surface area contributed by atoms with E-state index in [1.807, 2.05) is 12.1 Å². The Hall–Kier alpha value is -2.24. The quantitative estimate of drug-likeness (QED) is 0.807. The van der Waals surface area contributed by atoms with Gasteiger partial charge in [-0.3, -0.25) is 4.79 Å². The lowest BCUT2D eigenvalue weighted by atomic mass is 9.53. The molecular weight excluding hydrogens is 358 g/mol. The van der Waals surface area contributed by atoms with Crippen LogP contribution in [0.4, 0.5) is 0 Å². The van der Waals surface area contributed by atoms with E-state index in [2.05, 4.69) is 5.32 Å². The minimum Gasteiger partial charge on any atom is -0.485 e. The Kier molecular flexibility index (Phi) is 4.25. The number of rotatable bonds is 4. The van der Waals surface area contributed by atoms with Gasteiger partial charge in [-0.1, -0.05) is 12.1 Å². The highest BCUT2D eigenvalue weighted by atomic mass is 16.6. The summed E-state index contributed by atoms with van der Waals surface area (Å²) in [6.07, 6.45) is 5.47. The Morgan fingerprint density at radius 3 is 2.32 bits per heavy atom. The average Bonchev–Trinajstić information content (AvgIpc) is 2.66. The Morgan fingerprint density at radius 2 is 1.68 bits per heavy atom. The van der Waals surface area contributed by atoms with Crippen LogP contribution in [0.5, 0.6) is 11.5 Å². The predicted octanol–water partition coefficient (Wildman–Crippen LogP) is 2.84. The summed E-state index contributed by atoms with van der Waals surface area (Å²) in [6, 6.07) is 7.20. The third-order valence-electron chi connectivity index (χ3n) is 6.86. The van der Waals surface area contributed by atoms with Crippen LogP contribution in [-0.2, 0) is 14.3 Å². The summed E-state index contributed by atoms with van der Waals surface area (Å²) in [6.45, 7) is 1.71. The SMILES string of the molecule is C[C@@H](OC(=O)[C@H]1COc2ccccc2O1)C(=O)NC12CC3CC(CC(C3)C1)C2. The van der Waals surface area contributed by atoms with E-state index in [4.69, 9.17) is 14.2 Å². The van der Waals surface area contributed by atoms with Crippen molar-refractivity contribution in [3.8, 4) is 11.5 Å². The van der Waals surface area contributed by atoms with Crippen molar-refractivity contribution < 1.29 is 23.8 Å². The highest BCUT2D eigenvalue weighted by Gasteiger charge is 2.52. The topological polar surface area (TPSA) is 73.9 Å². The van der Waals surface area contributed by atoms with Crippen LogP contribution in [0.3, 0.4) is 0 Å². The number of ether oxygens (including phenoxy) is 3. The highest BCUT2D eigenvalue weighted by molar-refractivity contribution is 5.85. The fraction of sp³-hybridized carbons (Fsp3) is 0.636. The molecule has 0 radical (unpaired) electrons. The first-order valence-electron chi connectivity index (χ1n) is 10.4. The predicted molar refractivity (Wildman–Crippen MR) is 101 cm³/mol. The fourth-order valence-corrected chi connectivity index (χ4v) is 6.07. The molecule has 0 unspecified atom stereocenters. The van der Waals surface area contributed by atoms with Gasteiger partial charge in [0.15, 0.2) is 17.6 Å². The second kappa shape index (κ2) is 6.68. The first-order valence-corrected chi connectivity index (χ1v) is 10.4. The number of carbonyl (C=O) groups excluding carboxylic acids is 2. The smallest absolute Gasteiger partial charge is 0.351 e. The third-order valence-corrected chi connectivity index (χ3v) is 6.86. The monoisotopic (exact) mass is 385 g/mol. The van der Waals surface area contributed by atoms with Gasteiger partial charge in [0.25, 0.3) is 5.91 Å². The van der Waals surface area contributed by atoms with Gasteiger partial charge in [-0.15, -0.1) is 0 Å². The molecule has 150 valence electrons. The van der Waals surface area contributed by atoms with E-state index in [9.17, 15) is 9.59 Å². The number of para-hydroxylation sites is 2. The molecule has 2 atom stereocenters. The number of esters is 1. The Balaban J connectivity index is 1.18. The largest absolute Gasteiger partial charge is 0.485 e. The van der Waals surface area contributed by atoms with Crippen LogP contribution in [0.25, 0.3) is 0 Å². The summed E-state index contributed by atoms with van der Waals surface area (Å²) in [5, 5.41) is 3.26. The van der Waals surface area contributed by atoms with Crippen molar-refractivity contribution >= 4 is 11.9 Å². The second-order valence-corrected chi connectivity index (χ2v) is 9.13. The zero-order chi connectivity index (χ0) is 19.3. The normalized spacial score (nSPS) is 35.9. The van der Waals surface area contributed by atoms with Crippen molar-refractivity contribution in [2.75, 3.05) is 6.61 Å². The molecule has 1 heterocycles. The molecule has 1 aliphatic heterocycles. The zero-order valence-corrected chi connectivity index (χ0v) is 16.2. The molecule has 6 heteroatoms. The van der Waals surface area contributed by atoms with Crippen LogP contribution in [0.15, 0.2) is 24.3 Å². The lowest BCUT2D eigenvalue weighted by Gasteiger charge is -2.57. The van der Waals surface area contributed by atoms with Gasteiger partial charge >= 0.3 is 5.97 Å². The van der Waals surface area contributed by atoms with Gasteiger partial charge in [-0.25, -0.2) is 4.79 Å². The van der Waals surface area contributed by atoms with Gasteiger partial charge in [0.2, 0.25) is 6.10 Å². The molecule has 1 N–H and O–H groups in total. The van der Waals surface area contributed by atoms with E-state index < -0.39 is 18.2 Å². The van der Waals surface area contributed by atoms with Gasteiger partial charge in [0.1, 0.15) is 6.61 Å². The molecule has 0 aromatic heterocycles. The summed E-state index contributed by atoms with van der Waals surface area (Å²) in [5.41, 5.74) is -0.0874. The molecule has 1 aromatic carbocycles.